The van der Waals surface area contributed by atoms with E-state index >= 15 is 0 Å². The van der Waals surface area contributed by atoms with Crippen molar-refractivity contribution in [3.63, 3.8) is 0 Å². The molecule has 126 valence electrons. The molecular weight excluding hydrogens is 302 g/mol. The van der Waals surface area contributed by atoms with Crippen LogP contribution in [0.4, 0.5) is 5.82 Å². The van der Waals surface area contributed by atoms with Gasteiger partial charge in [-0.3, -0.25) is 4.79 Å². The molecule has 0 aliphatic heterocycles. The Bertz CT molecular complexity index is 749. The molecule has 1 aliphatic carbocycles. The summed E-state index contributed by atoms with van der Waals surface area (Å²) in [5, 5.41) is 16.8. The minimum Gasteiger partial charge on any atom is -0.394 e. The maximum absolute atomic E-state index is 12.3. The number of nitrogens with zero attached hydrogens (tertiary/aromatic N) is 2. The Morgan fingerprint density at radius 2 is 2.25 bits per heavy atom. The van der Waals surface area contributed by atoms with E-state index in [1.54, 1.807) is 4.68 Å². The average molecular weight is 325 g/mol. The van der Waals surface area contributed by atoms with Crippen molar-refractivity contribution in [3.8, 4) is 11.3 Å². The van der Waals surface area contributed by atoms with Crippen LogP contribution in [0.1, 0.15) is 24.8 Å². The summed E-state index contributed by atoms with van der Waals surface area (Å²) in [6, 6.07) is 9.88. The fourth-order valence-corrected chi connectivity index (χ4v) is 3.07. The first kappa shape index (κ1) is 16.5. The number of carbonyl (C=O) groups excluding carboxylic acids is 1. The third-order valence-electron chi connectivity index (χ3n) is 4.34. The van der Waals surface area contributed by atoms with Gasteiger partial charge in [0, 0.05) is 18.1 Å². The van der Waals surface area contributed by atoms with Crippen LogP contribution in [0.5, 0.6) is 0 Å². The summed E-state index contributed by atoms with van der Waals surface area (Å²) in [5.41, 5.74) is 2.96. The number of aliphatic hydroxyl groups excluding tert-OH is 1. The first-order chi connectivity index (χ1) is 11.7. The molecule has 2 aromatic rings. The number of benzene rings is 1. The highest BCUT2D eigenvalue weighted by atomic mass is 16.3. The first-order valence-corrected chi connectivity index (χ1v) is 8.38. The predicted molar refractivity (Wildman–Crippen MR) is 94.6 cm³/mol. The number of hydrogen-bond acceptors (Lipinski definition) is 3. The van der Waals surface area contributed by atoms with Crippen molar-refractivity contribution < 1.29 is 9.90 Å². The second kappa shape index (κ2) is 7.45. The van der Waals surface area contributed by atoms with Gasteiger partial charge < -0.3 is 10.4 Å². The Morgan fingerprint density at radius 1 is 1.42 bits per heavy atom. The standard InChI is InChI=1S/C19H23N3O2/c1-14-6-2-5-9-16(14)17-13-18(22(21-17)10-11-23)20-19(24)12-15-7-3-4-8-15/h2-3,5-7,9,13,15,23H,4,8,10-12H2,1H3,(H,20,24). The van der Waals surface area contributed by atoms with Crippen molar-refractivity contribution in [1.82, 2.24) is 9.78 Å². The maximum Gasteiger partial charge on any atom is 0.226 e. The highest BCUT2D eigenvalue weighted by Crippen LogP contribution is 2.26. The van der Waals surface area contributed by atoms with Crippen molar-refractivity contribution in [1.29, 1.82) is 0 Å². The van der Waals surface area contributed by atoms with Gasteiger partial charge in [0.1, 0.15) is 5.82 Å². The molecular formula is C19H23N3O2. The molecule has 0 radical (unpaired) electrons. The smallest absolute Gasteiger partial charge is 0.226 e. The third kappa shape index (κ3) is 3.74. The zero-order valence-electron chi connectivity index (χ0n) is 13.9. The molecule has 1 unspecified atom stereocenters. The molecule has 1 aromatic heterocycles. The zero-order chi connectivity index (χ0) is 16.9. The van der Waals surface area contributed by atoms with E-state index in [0.29, 0.717) is 24.7 Å². The predicted octanol–water partition coefficient (Wildman–Crippen LogP) is 3.15. The molecule has 0 saturated carbocycles. The lowest BCUT2D eigenvalue weighted by atomic mass is 10.0. The lowest BCUT2D eigenvalue weighted by Crippen LogP contribution is -2.18. The summed E-state index contributed by atoms with van der Waals surface area (Å²) >= 11 is 0. The van der Waals surface area contributed by atoms with Crippen molar-refractivity contribution in [3.05, 3.63) is 48.0 Å². The second-order valence-electron chi connectivity index (χ2n) is 6.19. The van der Waals surface area contributed by atoms with E-state index < -0.39 is 0 Å². The summed E-state index contributed by atoms with van der Waals surface area (Å²) in [4.78, 5) is 12.3. The number of hydrogen-bond donors (Lipinski definition) is 2. The molecule has 24 heavy (non-hydrogen) atoms. The third-order valence-corrected chi connectivity index (χ3v) is 4.34. The Morgan fingerprint density at radius 3 is 2.96 bits per heavy atom. The van der Waals surface area contributed by atoms with Gasteiger partial charge in [-0.05, 0) is 31.2 Å². The van der Waals surface area contributed by atoms with Crippen LogP contribution in [-0.4, -0.2) is 27.4 Å². The van der Waals surface area contributed by atoms with Gasteiger partial charge in [0.25, 0.3) is 0 Å². The van der Waals surface area contributed by atoms with Gasteiger partial charge in [-0.1, -0.05) is 36.4 Å². The van der Waals surface area contributed by atoms with Crippen LogP contribution < -0.4 is 5.32 Å². The zero-order valence-corrected chi connectivity index (χ0v) is 13.9. The van der Waals surface area contributed by atoms with Crippen LogP contribution in [0.2, 0.25) is 0 Å². The van der Waals surface area contributed by atoms with E-state index in [1.165, 1.54) is 0 Å². The number of allylic oxidation sites excluding steroid dienone is 2. The summed E-state index contributed by atoms with van der Waals surface area (Å²) in [7, 11) is 0. The SMILES string of the molecule is Cc1ccccc1-c1cc(NC(=O)CC2C=CCC2)n(CCO)n1. The number of amides is 1. The lowest BCUT2D eigenvalue weighted by molar-refractivity contribution is -0.116. The first-order valence-electron chi connectivity index (χ1n) is 8.38. The highest BCUT2D eigenvalue weighted by molar-refractivity contribution is 5.90. The van der Waals surface area contributed by atoms with Crippen LogP contribution in [0.3, 0.4) is 0 Å². The number of carbonyl (C=O) groups is 1. The molecule has 1 atom stereocenters. The van der Waals surface area contributed by atoms with E-state index in [9.17, 15) is 9.90 Å². The molecule has 1 aliphatic rings. The van der Waals surface area contributed by atoms with Gasteiger partial charge in [-0.15, -0.1) is 0 Å². The van der Waals surface area contributed by atoms with Gasteiger partial charge in [0.05, 0.1) is 18.8 Å². The van der Waals surface area contributed by atoms with Crippen LogP contribution >= 0.6 is 0 Å². The highest BCUT2D eigenvalue weighted by Gasteiger charge is 2.17. The van der Waals surface area contributed by atoms with Crippen LogP contribution in [0.15, 0.2) is 42.5 Å². The minimum atomic E-state index is -0.0247. The van der Waals surface area contributed by atoms with Crippen molar-refractivity contribution in [2.24, 2.45) is 5.92 Å². The molecule has 1 amide bonds. The van der Waals surface area contributed by atoms with E-state index in [-0.39, 0.29) is 12.5 Å². The van der Waals surface area contributed by atoms with Gasteiger partial charge in [0.2, 0.25) is 5.91 Å². The fourth-order valence-electron chi connectivity index (χ4n) is 3.07. The molecule has 1 heterocycles. The van der Waals surface area contributed by atoms with Crippen LogP contribution in [0.25, 0.3) is 11.3 Å². The molecule has 0 saturated heterocycles. The lowest BCUT2D eigenvalue weighted by Gasteiger charge is -2.10. The van der Waals surface area contributed by atoms with Crippen LogP contribution in [-0.2, 0) is 11.3 Å². The topological polar surface area (TPSA) is 67.2 Å². The molecule has 1 aromatic carbocycles. The van der Waals surface area contributed by atoms with E-state index in [0.717, 1.165) is 29.7 Å². The number of aliphatic hydroxyl groups is 1. The Balaban J connectivity index is 1.80. The van der Waals surface area contributed by atoms with E-state index in [1.807, 2.05) is 37.3 Å². The molecule has 0 bridgehead atoms. The van der Waals surface area contributed by atoms with Gasteiger partial charge in [-0.2, -0.15) is 5.10 Å². The van der Waals surface area contributed by atoms with E-state index in [2.05, 4.69) is 22.6 Å². The Kier molecular flexibility index (Phi) is 5.11. The van der Waals surface area contributed by atoms with Gasteiger partial charge in [0.15, 0.2) is 0 Å². The second-order valence-corrected chi connectivity index (χ2v) is 6.19. The summed E-state index contributed by atoms with van der Waals surface area (Å²) < 4.78 is 1.66. The fraction of sp³-hybridized carbons (Fsp3) is 0.368. The van der Waals surface area contributed by atoms with Crippen molar-refractivity contribution >= 4 is 11.7 Å². The largest absolute Gasteiger partial charge is 0.394 e. The summed E-state index contributed by atoms with van der Waals surface area (Å²) in [5.74, 6) is 0.950. The Labute approximate surface area is 142 Å². The minimum absolute atomic E-state index is 0.0121. The maximum atomic E-state index is 12.3. The average Bonchev–Trinajstić information content (AvgIpc) is 3.19. The van der Waals surface area contributed by atoms with Crippen LogP contribution in [0, 0.1) is 12.8 Å². The quantitative estimate of drug-likeness (QED) is 0.802. The number of anilines is 1. The van der Waals surface area contributed by atoms with Crippen molar-refractivity contribution in [2.75, 3.05) is 11.9 Å². The number of nitrogens with one attached hydrogen (secondary N) is 1. The molecule has 2 N–H and O–H groups in total. The van der Waals surface area contributed by atoms with E-state index in [4.69, 9.17) is 0 Å². The van der Waals surface area contributed by atoms with Gasteiger partial charge in [-0.25, -0.2) is 4.68 Å². The normalized spacial score (nSPS) is 16.5. The molecule has 0 spiro atoms. The number of aromatic nitrogens is 2. The van der Waals surface area contributed by atoms with Gasteiger partial charge >= 0.3 is 0 Å². The Hall–Kier alpha value is -2.40. The summed E-state index contributed by atoms with van der Waals surface area (Å²) in [6.45, 7) is 2.36. The molecule has 0 fully saturated rings. The van der Waals surface area contributed by atoms with Crippen molar-refractivity contribution in [2.45, 2.75) is 32.7 Å². The number of rotatable bonds is 6. The number of aryl methyl sites for hydroxylation is 1. The monoisotopic (exact) mass is 325 g/mol. The molecule has 3 rings (SSSR count). The summed E-state index contributed by atoms with van der Waals surface area (Å²) in [6.07, 6.45) is 6.82. The molecule has 5 nitrogen and oxygen atoms in total. The molecule has 5 heteroatoms.